The standard InChI is InChI=1S/C27H26O4/c1-20(28)31-27-19-23(14-16-26(27)30-2)13-15-25(29)18-24-10-6-9-22(17-24)12-11-21-7-4-3-5-8-21/h3-10,13-17,19H,11-12,18H2,1-2H3/b15-13+. The molecule has 0 aliphatic rings. The number of hydrogen-bond acceptors (Lipinski definition) is 4. The predicted octanol–water partition coefficient (Wildman–Crippen LogP) is 5.23. The lowest BCUT2D eigenvalue weighted by molar-refractivity contribution is -0.132. The van der Waals surface area contributed by atoms with Crippen LogP contribution in [-0.2, 0) is 28.9 Å². The number of carbonyl (C=O) groups excluding carboxylic acids is 2. The first kappa shape index (κ1) is 22.0. The SMILES string of the molecule is COc1ccc(/C=C/C(=O)Cc2cccc(CCc3ccccc3)c2)cc1OC(C)=O. The Morgan fingerprint density at radius 2 is 1.52 bits per heavy atom. The summed E-state index contributed by atoms with van der Waals surface area (Å²) in [6.45, 7) is 1.33. The van der Waals surface area contributed by atoms with Crippen LogP contribution in [0.4, 0.5) is 0 Å². The number of allylic oxidation sites excluding steroid dienone is 1. The molecule has 0 fully saturated rings. The number of rotatable bonds is 9. The fourth-order valence-electron chi connectivity index (χ4n) is 3.31. The summed E-state index contributed by atoms with van der Waals surface area (Å²) < 4.78 is 10.4. The number of methoxy groups -OCH3 is 1. The largest absolute Gasteiger partial charge is 0.493 e. The first-order valence-electron chi connectivity index (χ1n) is 10.2. The second kappa shape index (κ2) is 10.9. The van der Waals surface area contributed by atoms with Gasteiger partial charge in [-0.15, -0.1) is 0 Å². The van der Waals surface area contributed by atoms with Crippen LogP contribution in [0.1, 0.15) is 29.2 Å². The fourth-order valence-corrected chi connectivity index (χ4v) is 3.31. The lowest BCUT2D eigenvalue weighted by Gasteiger charge is -2.08. The molecule has 0 atom stereocenters. The molecular formula is C27H26O4. The average molecular weight is 415 g/mol. The Morgan fingerprint density at radius 1 is 0.806 bits per heavy atom. The van der Waals surface area contributed by atoms with Gasteiger partial charge in [-0.25, -0.2) is 0 Å². The highest BCUT2D eigenvalue weighted by Gasteiger charge is 2.08. The van der Waals surface area contributed by atoms with Crippen molar-refractivity contribution in [3.05, 3.63) is 101 Å². The van der Waals surface area contributed by atoms with Crippen molar-refractivity contribution in [2.24, 2.45) is 0 Å². The van der Waals surface area contributed by atoms with Crippen LogP contribution in [0.2, 0.25) is 0 Å². The van der Waals surface area contributed by atoms with Gasteiger partial charge in [0.05, 0.1) is 7.11 Å². The van der Waals surface area contributed by atoms with Crippen molar-refractivity contribution < 1.29 is 19.1 Å². The van der Waals surface area contributed by atoms with Crippen LogP contribution in [0.15, 0.2) is 78.9 Å². The highest BCUT2D eigenvalue weighted by atomic mass is 16.6. The van der Waals surface area contributed by atoms with Gasteiger partial charge in [-0.1, -0.05) is 66.7 Å². The number of esters is 1. The number of aryl methyl sites for hydroxylation is 2. The average Bonchev–Trinajstić information content (AvgIpc) is 2.77. The molecule has 3 rings (SSSR count). The molecule has 0 heterocycles. The third-order valence-electron chi connectivity index (χ3n) is 4.82. The molecule has 0 radical (unpaired) electrons. The van der Waals surface area contributed by atoms with Gasteiger partial charge in [0.15, 0.2) is 17.3 Å². The Bertz CT molecular complexity index is 1070. The summed E-state index contributed by atoms with van der Waals surface area (Å²) >= 11 is 0. The van der Waals surface area contributed by atoms with Gasteiger partial charge in [-0.3, -0.25) is 9.59 Å². The molecule has 0 unspecified atom stereocenters. The maximum absolute atomic E-state index is 12.5. The van der Waals surface area contributed by atoms with Crippen LogP contribution in [0, 0.1) is 0 Å². The summed E-state index contributed by atoms with van der Waals surface area (Å²) in [6, 6.07) is 23.7. The zero-order valence-corrected chi connectivity index (χ0v) is 17.8. The number of benzene rings is 3. The molecule has 158 valence electrons. The van der Waals surface area contributed by atoms with E-state index < -0.39 is 5.97 Å². The van der Waals surface area contributed by atoms with Crippen LogP contribution in [0.5, 0.6) is 11.5 Å². The quantitative estimate of drug-likeness (QED) is 0.273. The Kier molecular flexibility index (Phi) is 7.77. The van der Waals surface area contributed by atoms with Gasteiger partial charge in [0, 0.05) is 13.3 Å². The Balaban J connectivity index is 1.61. The molecule has 0 N–H and O–H groups in total. The van der Waals surface area contributed by atoms with E-state index in [2.05, 4.69) is 36.4 Å². The van der Waals surface area contributed by atoms with E-state index in [9.17, 15) is 9.59 Å². The normalized spacial score (nSPS) is 10.8. The maximum atomic E-state index is 12.5. The number of ether oxygens (including phenoxy) is 2. The third kappa shape index (κ3) is 6.96. The topological polar surface area (TPSA) is 52.6 Å². The molecule has 0 bridgehead atoms. The van der Waals surface area contributed by atoms with E-state index in [0.717, 1.165) is 24.0 Å². The summed E-state index contributed by atoms with van der Waals surface area (Å²) in [7, 11) is 1.51. The maximum Gasteiger partial charge on any atom is 0.308 e. The van der Waals surface area contributed by atoms with Gasteiger partial charge in [0.2, 0.25) is 0 Å². The minimum atomic E-state index is -0.428. The Labute approximate surface area is 183 Å². The first-order valence-corrected chi connectivity index (χ1v) is 10.2. The summed E-state index contributed by atoms with van der Waals surface area (Å²) in [4.78, 5) is 23.7. The summed E-state index contributed by atoms with van der Waals surface area (Å²) in [5.41, 5.74) is 4.27. The first-order chi connectivity index (χ1) is 15.0. The number of carbonyl (C=O) groups is 2. The molecule has 0 aliphatic heterocycles. The molecule has 3 aromatic rings. The van der Waals surface area contributed by atoms with Crippen molar-refractivity contribution in [2.45, 2.75) is 26.2 Å². The molecule has 0 aromatic heterocycles. The highest BCUT2D eigenvalue weighted by molar-refractivity contribution is 5.95. The van der Waals surface area contributed by atoms with Crippen LogP contribution >= 0.6 is 0 Å². The molecule has 0 saturated heterocycles. The van der Waals surface area contributed by atoms with Gasteiger partial charge in [0.1, 0.15) is 0 Å². The van der Waals surface area contributed by atoms with Crippen molar-refractivity contribution >= 4 is 17.8 Å². The molecule has 0 amide bonds. The molecule has 31 heavy (non-hydrogen) atoms. The van der Waals surface area contributed by atoms with Gasteiger partial charge in [0.25, 0.3) is 0 Å². The lowest BCUT2D eigenvalue weighted by atomic mass is 10.0. The molecule has 4 nitrogen and oxygen atoms in total. The molecule has 3 aromatic carbocycles. The molecule has 4 heteroatoms. The monoisotopic (exact) mass is 414 g/mol. The lowest BCUT2D eigenvalue weighted by Crippen LogP contribution is -2.03. The van der Waals surface area contributed by atoms with E-state index in [-0.39, 0.29) is 5.78 Å². The number of ketones is 1. The zero-order chi connectivity index (χ0) is 22.1. The summed E-state index contributed by atoms with van der Waals surface area (Å²) in [5.74, 6) is 0.370. The van der Waals surface area contributed by atoms with Crippen molar-refractivity contribution in [3.63, 3.8) is 0 Å². The minimum absolute atomic E-state index is 0.00469. The van der Waals surface area contributed by atoms with Gasteiger partial charge in [-0.05, 0) is 53.3 Å². The molecule has 0 aliphatic carbocycles. The predicted molar refractivity (Wildman–Crippen MR) is 122 cm³/mol. The van der Waals surface area contributed by atoms with Crippen molar-refractivity contribution in [1.82, 2.24) is 0 Å². The van der Waals surface area contributed by atoms with E-state index in [0.29, 0.717) is 17.9 Å². The van der Waals surface area contributed by atoms with Crippen LogP contribution in [0.25, 0.3) is 6.08 Å². The van der Waals surface area contributed by atoms with Gasteiger partial charge in [-0.2, -0.15) is 0 Å². The Hall–Kier alpha value is -3.66. The highest BCUT2D eigenvalue weighted by Crippen LogP contribution is 2.28. The second-order valence-electron chi connectivity index (χ2n) is 7.29. The van der Waals surface area contributed by atoms with Crippen molar-refractivity contribution in [2.75, 3.05) is 7.11 Å². The van der Waals surface area contributed by atoms with Gasteiger partial charge < -0.3 is 9.47 Å². The molecule has 0 spiro atoms. The fraction of sp³-hybridized carbons (Fsp3) is 0.185. The van der Waals surface area contributed by atoms with E-state index in [1.165, 1.54) is 25.2 Å². The van der Waals surface area contributed by atoms with Crippen LogP contribution in [-0.4, -0.2) is 18.9 Å². The van der Waals surface area contributed by atoms with Gasteiger partial charge >= 0.3 is 5.97 Å². The summed E-state index contributed by atoms with van der Waals surface area (Å²) in [6.07, 6.45) is 5.51. The van der Waals surface area contributed by atoms with Crippen LogP contribution in [0.3, 0.4) is 0 Å². The number of hydrogen-bond donors (Lipinski definition) is 0. The minimum Gasteiger partial charge on any atom is -0.493 e. The Morgan fingerprint density at radius 3 is 2.26 bits per heavy atom. The molecular weight excluding hydrogens is 388 g/mol. The third-order valence-corrected chi connectivity index (χ3v) is 4.82. The van der Waals surface area contributed by atoms with E-state index in [4.69, 9.17) is 9.47 Å². The van der Waals surface area contributed by atoms with E-state index in [1.807, 2.05) is 18.2 Å². The zero-order valence-electron chi connectivity index (χ0n) is 17.8. The van der Waals surface area contributed by atoms with Crippen molar-refractivity contribution in [1.29, 1.82) is 0 Å². The smallest absolute Gasteiger partial charge is 0.308 e. The second-order valence-corrected chi connectivity index (χ2v) is 7.29. The van der Waals surface area contributed by atoms with Crippen molar-refractivity contribution in [3.8, 4) is 11.5 Å². The van der Waals surface area contributed by atoms with E-state index >= 15 is 0 Å². The van der Waals surface area contributed by atoms with E-state index in [1.54, 1.807) is 30.4 Å². The van der Waals surface area contributed by atoms with Crippen LogP contribution < -0.4 is 9.47 Å². The molecule has 0 saturated carbocycles. The summed E-state index contributed by atoms with van der Waals surface area (Å²) in [5, 5.41) is 0.